The van der Waals surface area contributed by atoms with Crippen molar-refractivity contribution in [2.24, 2.45) is 0 Å². The van der Waals surface area contributed by atoms with Crippen molar-refractivity contribution in [3.05, 3.63) is 0 Å². The summed E-state index contributed by atoms with van der Waals surface area (Å²) in [5, 5.41) is 37.8. The zero-order valence-corrected chi connectivity index (χ0v) is 9.55. The molecular weight excluding hydrogens is 250 g/mol. The number of ether oxygens (including phenoxy) is 1. The van der Waals surface area contributed by atoms with Gasteiger partial charge in [-0.05, 0) is 0 Å². The molecule has 2 saturated heterocycles. The van der Waals surface area contributed by atoms with Gasteiger partial charge in [0.1, 0.15) is 18.3 Å². The predicted octanol–water partition coefficient (Wildman–Crippen LogP) is -1.92. The van der Waals surface area contributed by atoms with Crippen LogP contribution in [0.4, 0.5) is 4.79 Å². The largest absolute Gasteiger partial charge is 0.394 e. The summed E-state index contributed by atoms with van der Waals surface area (Å²) >= 11 is 1.07. The maximum atomic E-state index is 11.6. The first-order chi connectivity index (χ1) is 8.04. The summed E-state index contributed by atoms with van der Waals surface area (Å²) in [7, 11) is 0. The number of carbonyl (C=O) groups is 1. The number of urea groups is 1. The number of rotatable bonds is 2. The van der Waals surface area contributed by atoms with Crippen molar-refractivity contribution >= 4 is 23.0 Å². The van der Waals surface area contributed by atoms with Crippen LogP contribution < -0.4 is 5.32 Å². The summed E-state index contributed by atoms with van der Waals surface area (Å²) < 4.78 is 5.21. The number of hydrogen-bond acceptors (Lipinski definition) is 7. The van der Waals surface area contributed by atoms with E-state index in [1.54, 1.807) is 0 Å². The average Bonchev–Trinajstić information content (AvgIpc) is 2.57. The molecule has 5 N–H and O–H groups in total. The van der Waals surface area contributed by atoms with Gasteiger partial charge in [-0.2, -0.15) is 0 Å². The van der Waals surface area contributed by atoms with Crippen molar-refractivity contribution in [1.29, 1.82) is 5.41 Å². The fourth-order valence-corrected chi connectivity index (χ4v) is 2.42. The van der Waals surface area contributed by atoms with E-state index in [1.165, 1.54) is 4.90 Å². The second-order valence-electron chi connectivity index (χ2n) is 3.73. The van der Waals surface area contributed by atoms with Gasteiger partial charge in [-0.15, -0.1) is 0 Å². The lowest BCUT2D eigenvalue weighted by Gasteiger charge is -2.33. The first kappa shape index (κ1) is 12.6. The van der Waals surface area contributed by atoms with Crippen molar-refractivity contribution in [3.8, 4) is 0 Å². The van der Waals surface area contributed by atoms with Gasteiger partial charge >= 0.3 is 6.03 Å². The van der Waals surface area contributed by atoms with Crippen LogP contribution in [-0.2, 0) is 4.74 Å². The summed E-state index contributed by atoms with van der Waals surface area (Å²) in [6.07, 6.45) is -4.42. The van der Waals surface area contributed by atoms with Crippen LogP contribution in [0, 0.1) is 5.41 Å². The molecule has 17 heavy (non-hydrogen) atoms. The van der Waals surface area contributed by atoms with Crippen LogP contribution in [0.15, 0.2) is 0 Å². The molecule has 0 unspecified atom stereocenters. The minimum absolute atomic E-state index is 0.0259. The molecule has 9 heteroatoms. The van der Waals surface area contributed by atoms with Crippen LogP contribution in [0.25, 0.3) is 0 Å². The quantitative estimate of drug-likeness (QED) is 0.395. The minimum Gasteiger partial charge on any atom is -0.394 e. The first-order valence-electron chi connectivity index (χ1n) is 4.96. The van der Waals surface area contributed by atoms with Crippen molar-refractivity contribution in [2.45, 2.75) is 24.5 Å². The van der Waals surface area contributed by atoms with Crippen LogP contribution in [0.5, 0.6) is 0 Å². The van der Waals surface area contributed by atoms with E-state index in [9.17, 15) is 15.0 Å². The normalized spacial score (nSPS) is 38.4. The summed E-state index contributed by atoms with van der Waals surface area (Å²) in [5.74, 6) is 0.150. The standard InChI is InChI=1S/C8H13N3O5S/c9-7-10-8(15)11(2-17-7)6-5(14)4(13)3(1-12)16-6/h3-6,12-14H,1-2H2,(H2,9,10,15)/t3-,4-,5-,6-/m1/s1. The summed E-state index contributed by atoms with van der Waals surface area (Å²) in [4.78, 5) is 12.7. The Morgan fingerprint density at radius 2 is 2.24 bits per heavy atom. The second-order valence-corrected chi connectivity index (χ2v) is 4.69. The van der Waals surface area contributed by atoms with Crippen LogP contribution in [0.3, 0.4) is 0 Å². The highest BCUT2D eigenvalue weighted by Crippen LogP contribution is 2.26. The van der Waals surface area contributed by atoms with Crippen LogP contribution >= 0.6 is 11.8 Å². The molecule has 0 saturated carbocycles. The number of thioether (sulfide) groups is 1. The average molecular weight is 263 g/mol. The SMILES string of the molecule is N=C1NC(=O)N([C@@H]2O[C@H](CO)[C@@H](O)[C@H]2O)CS1. The molecule has 2 aliphatic heterocycles. The number of nitrogens with zero attached hydrogens (tertiary/aromatic N) is 1. The molecule has 0 spiro atoms. The van der Waals surface area contributed by atoms with E-state index in [0.717, 1.165) is 11.8 Å². The van der Waals surface area contributed by atoms with Gasteiger partial charge in [-0.25, -0.2) is 4.79 Å². The second kappa shape index (κ2) is 4.78. The topological polar surface area (TPSA) is 126 Å². The smallest absolute Gasteiger partial charge is 0.326 e. The highest BCUT2D eigenvalue weighted by atomic mass is 32.2. The number of nitrogens with one attached hydrogen (secondary N) is 2. The maximum Gasteiger partial charge on any atom is 0.326 e. The van der Waals surface area contributed by atoms with Gasteiger partial charge < -0.3 is 20.1 Å². The van der Waals surface area contributed by atoms with Gasteiger partial charge in [0.2, 0.25) is 0 Å². The molecule has 0 aliphatic carbocycles. The van der Waals surface area contributed by atoms with E-state index >= 15 is 0 Å². The molecule has 8 nitrogen and oxygen atoms in total. The van der Waals surface area contributed by atoms with Gasteiger partial charge in [-0.1, -0.05) is 11.8 Å². The summed E-state index contributed by atoms with van der Waals surface area (Å²) in [6.45, 7) is -0.437. The molecule has 2 amide bonds. The van der Waals surface area contributed by atoms with Crippen LogP contribution in [0.2, 0.25) is 0 Å². The fraction of sp³-hybridized carbons (Fsp3) is 0.750. The van der Waals surface area contributed by atoms with Gasteiger partial charge in [-0.3, -0.25) is 15.6 Å². The van der Waals surface area contributed by atoms with E-state index in [0.29, 0.717) is 0 Å². The van der Waals surface area contributed by atoms with Crippen LogP contribution in [0.1, 0.15) is 0 Å². The van der Waals surface area contributed by atoms with Crippen molar-refractivity contribution in [1.82, 2.24) is 10.2 Å². The third-order valence-corrected chi connectivity index (χ3v) is 3.45. The number of aliphatic hydroxyl groups excluding tert-OH is 3. The Hall–Kier alpha value is -0.870. The highest BCUT2D eigenvalue weighted by Gasteiger charge is 2.47. The zero-order chi connectivity index (χ0) is 12.6. The Morgan fingerprint density at radius 1 is 1.53 bits per heavy atom. The monoisotopic (exact) mass is 263 g/mol. The Morgan fingerprint density at radius 3 is 2.76 bits per heavy atom. The summed E-state index contributed by atoms with van der Waals surface area (Å²) in [6, 6.07) is -0.566. The molecule has 96 valence electrons. The van der Waals surface area contributed by atoms with E-state index < -0.39 is 37.2 Å². The lowest BCUT2D eigenvalue weighted by Crippen LogP contribution is -2.54. The fourth-order valence-electron chi connectivity index (χ4n) is 1.72. The van der Waals surface area contributed by atoms with Crippen molar-refractivity contribution < 1.29 is 24.9 Å². The lowest BCUT2D eigenvalue weighted by molar-refractivity contribution is -0.0731. The molecule has 0 aromatic rings. The zero-order valence-electron chi connectivity index (χ0n) is 8.74. The Balaban J connectivity index is 2.08. The molecule has 0 aromatic heterocycles. The molecule has 0 bridgehead atoms. The molecule has 0 radical (unpaired) electrons. The Kier molecular flexibility index (Phi) is 3.54. The molecule has 4 atom stereocenters. The molecular formula is C8H13N3O5S. The van der Waals surface area contributed by atoms with E-state index in [2.05, 4.69) is 5.32 Å². The molecule has 2 aliphatic rings. The van der Waals surface area contributed by atoms with Gasteiger partial charge in [0.15, 0.2) is 11.4 Å². The number of aliphatic hydroxyl groups is 3. The highest BCUT2D eigenvalue weighted by molar-refractivity contribution is 8.13. The van der Waals surface area contributed by atoms with Gasteiger partial charge in [0.05, 0.1) is 12.5 Å². The Labute approximate surface area is 101 Å². The first-order valence-corrected chi connectivity index (χ1v) is 5.94. The third kappa shape index (κ3) is 2.24. The molecule has 2 fully saturated rings. The maximum absolute atomic E-state index is 11.6. The minimum atomic E-state index is -1.27. The number of carbonyl (C=O) groups excluding carboxylic acids is 1. The third-order valence-electron chi connectivity index (χ3n) is 2.65. The lowest BCUT2D eigenvalue weighted by atomic mass is 10.1. The summed E-state index contributed by atoms with van der Waals surface area (Å²) in [5.41, 5.74) is 0. The Bertz CT molecular complexity index is 341. The number of amides is 2. The number of amidine groups is 1. The van der Waals surface area contributed by atoms with Crippen LogP contribution in [-0.4, -0.2) is 68.4 Å². The van der Waals surface area contributed by atoms with E-state index in [-0.39, 0.29) is 11.0 Å². The van der Waals surface area contributed by atoms with E-state index in [1.807, 2.05) is 0 Å². The van der Waals surface area contributed by atoms with Gasteiger partial charge in [0.25, 0.3) is 0 Å². The number of hydrogen-bond donors (Lipinski definition) is 5. The predicted molar refractivity (Wildman–Crippen MR) is 58.3 cm³/mol. The van der Waals surface area contributed by atoms with Crippen molar-refractivity contribution in [2.75, 3.05) is 12.5 Å². The van der Waals surface area contributed by atoms with Crippen molar-refractivity contribution in [3.63, 3.8) is 0 Å². The van der Waals surface area contributed by atoms with Gasteiger partial charge in [0, 0.05) is 0 Å². The molecule has 2 heterocycles. The van der Waals surface area contributed by atoms with E-state index in [4.69, 9.17) is 15.3 Å². The molecule has 0 aromatic carbocycles. The molecule has 2 rings (SSSR count).